The van der Waals surface area contributed by atoms with Crippen LogP contribution in [0.3, 0.4) is 0 Å². The Morgan fingerprint density at radius 1 is 1.65 bits per heavy atom. The summed E-state index contributed by atoms with van der Waals surface area (Å²) in [6.45, 7) is 0.683. The van der Waals surface area contributed by atoms with Gasteiger partial charge in [-0.2, -0.15) is 0 Å². The standard InChI is InChI=1S/C11H15N3O2S/c12-9(8-4-2-6-17-8)11(16)14-7-3-1-5-13-10(7)15/h2,4,6-7,9H,1,3,5,12H2,(H,13,15)(H,14,16). The van der Waals surface area contributed by atoms with Gasteiger partial charge in [0.1, 0.15) is 12.1 Å². The Kier molecular flexibility index (Phi) is 3.75. The molecule has 1 aliphatic rings. The molecule has 17 heavy (non-hydrogen) atoms. The number of hydrogen-bond acceptors (Lipinski definition) is 4. The molecule has 2 heterocycles. The number of nitrogens with two attached hydrogens (primary N) is 1. The summed E-state index contributed by atoms with van der Waals surface area (Å²) in [5.74, 6) is -0.419. The van der Waals surface area contributed by atoms with Crippen LogP contribution in [-0.2, 0) is 9.59 Å². The van der Waals surface area contributed by atoms with Crippen molar-refractivity contribution in [3.63, 3.8) is 0 Å². The molecule has 0 aliphatic carbocycles. The van der Waals surface area contributed by atoms with E-state index in [2.05, 4.69) is 10.6 Å². The summed E-state index contributed by atoms with van der Waals surface area (Å²) < 4.78 is 0. The molecule has 1 fully saturated rings. The fourth-order valence-corrected chi connectivity index (χ4v) is 2.49. The zero-order valence-electron chi connectivity index (χ0n) is 9.31. The van der Waals surface area contributed by atoms with Crippen LogP contribution in [-0.4, -0.2) is 24.4 Å². The molecule has 6 heteroatoms. The Labute approximate surface area is 103 Å². The Morgan fingerprint density at radius 2 is 2.47 bits per heavy atom. The van der Waals surface area contributed by atoms with Crippen LogP contribution in [0.5, 0.6) is 0 Å². The molecular weight excluding hydrogens is 238 g/mol. The number of rotatable bonds is 3. The highest BCUT2D eigenvalue weighted by Crippen LogP contribution is 2.17. The van der Waals surface area contributed by atoms with E-state index in [9.17, 15) is 9.59 Å². The van der Waals surface area contributed by atoms with Crippen LogP contribution < -0.4 is 16.4 Å². The molecule has 1 saturated heterocycles. The van der Waals surface area contributed by atoms with Gasteiger partial charge in [0.25, 0.3) is 0 Å². The van der Waals surface area contributed by atoms with Crippen molar-refractivity contribution in [2.75, 3.05) is 6.54 Å². The quantitative estimate of drug-likeness (QED) is 0.716. The third-order valence-corrected chi connectivity index (χ3v) is 3.69. The fourth-order valence-electron chi connectivity index (χ4n) is 1.77. The molecule has 2 unspecified atom stereocenters. The van der Waals surface area contributed by atoms with Crippen molar-refractivity contribution >= 4 is 23.2 Å². The SMILES string of the molecule is NC(C(=O)NC1CCCNC1=O)c1cccs1. The summed E-state index contributed by atoms with van der Waals surface area (Å²) in [6, 6.07) is 2.53. The van der Waals surface area contributed by atoms with E-state index < -0.39 is 12.1 Å². The highest BCUT2D eigenvalue weighted by atomic mass is 32.1. The van der Waals surface area contributed by atoms with Gasteiger partial charge in [-0.25, -0.2) is 0 Å². The zero-order valence-corrected chi connectivity index (χ0v) is 10.1. The second kappa shape index (κ2) is 5.29. The first-order valence-electron chi connectivity index (χ1n) is 5.55. The molecule has 2 rings (SSSR count). The van der Waals surface area contributed by atoms with Gasteiger partial charge in [0.15, 0.2) is 0 Å². The lowest BCUT2D eigenvalue weighted by Crippen LogP contribution is -2.52. The van der Waals surface area contributed by atoms with E-state index in [4.69, 9.17) is 5.73 Å². The molecule has 0 saturated carbocycles. The molecule has 5 nitrogen and oxygen atoms in total. The summed E-state index contributed by atoms with van der Waals surface area (Å²) in [6.07, 6.45) is 1.56. The van der Waals surface area contributed by atoms with Gasteiger partial charge >= 0.3 is 0 Å². The van der Waals surface area contributed by atoms with Gasteiger partial charge in [-0.15, -0.1) is 11.3 Å². The first-order chi connectivity index (χ1) is 8.18. The molecule has 2 amide bonds. The first-order valence-corrected chi connectivity index (χ1v) is 6.43. The van der Waals surface area contributed by atoms with Gasteiger partial charge in [0, 0.05) is 11.4 Å². The van der Waals surface area contributed by atoms with E-state index in [1.54, 1.807) is 0 Å². The van der Waals surface area contributed by atoms with Crippen LogP contribution in [0.1, 0.15) is 23.8 Å². The van der Waals surface area contributed by atoms with Crippen LogP contribution >= 0.6 is 11.3 Å². The summed E-state index contributed by atoms with van der Waals surface area (Å²) in [5.41, 5.74) is 5.81. The molecule has 0 spiro atoms. The van der Waals surface area contributed by atoms with Crippen molar-refractivity contribution in [1.29, 1.82) is 0 Å². The number of carbonyl (C=O) groups excluding carboxylic acids is 2. The predicted molar refractivity (Wildman–Crippen MR) is 65.4 cm³/mol. The van der Waals surface area contributed by atoms with Gasteiger partial charge in [-0.1, -0.05) is 6.07 Å². The van der Waals surface area contributed by atoms with Crippen molar-refractivity contribution in [3.8, 4) is 0 Å². The van der Waals surface area contributed by atoms with Crippen LogP contribution in [0, 0.1) is 0 Å². The molecule has 1 aromatic heterocycles. The number of piperidine rings is 1. The molecule has 1 aromatic rings. The van der Waals surface area contributed by atoms with Crippen molar-refractivity contribution in [2.24, 2.45) is 5.73 Å². The van der Waals surface area contributed by atoms with Crippen LogP contribution in [0.25, 0.3) is 0 Å². The largest absolute Gasteiger partial charge is 0.354 e. The molecule has 0 bridgehead atoms. The number of nitrogens with one attached hydrogen (secondary N) is 2. The fraction of sp³-hybridized carbons (Fsp3) is 0.455. The van der Waals surface area contributed by atoms with Crippen molar-refractivity contribution in [3.05, 3.63) is 22.4 Å². The zero-order chi connectivity index (χ0) is 12.3. The topological polar surface area (TPSA) is 84.2 Å². The van der Waals surface area contributed by atoms with Crippen LogP contribution in [0.15, 0.2) is 17.5 Å². The van der Waals surface area contributed by atoms with Gasteiger partial charge in [0.05, 0.1) is 0 Å². The summed E-state index contributed by atoms with van der Waals surface area (Å²) >= 11 is 1.44. The molecule has 0 radical (unpaired) electrons. The highest BCUT2D eigenvalue weighted by Gasteiger charge is 2.26. The minimum absolute atomic E-state index is 0.122. The second-order valence-corrected chi connectivity index (χ2v) is 4.97. The monoisotopic (exact) mass is 253 g/mol. The smallest absolute Gasteiger partial charge is 0.242 e. The van der Waals surface area contributed by atoms with E-state index in [1.807, 2.05) is 17.5 Å². The highest BCUT2D eigenvalue weighted by molar-refractivity contribution is 7.10. The van der Waals surface area contributed by atoms with Crippen LogP contribution in [0.4, 0.5) is 0 Å². The summed E-state index contributed by atoms with van der Waals surface area (Å²) in [7, 11) is 0. The molecule has 1 aliphatic heterocycles. The number of thiophene rings is 1. The Bertz CT molecular complexity index is 405. The minimum Gasteiger partial charge on any atom is -0.354 e. The Balaban J connectivity index is 1.94. The number of carbonyl (C=O) groups is 2. The lowest BCUT2D eigenvalue weighted by atomic mass is 10.1. The molecule has 92 valence electrons. The van der Waals surface area contributed by atoms with Gasteiger partial charge in [-0.05, 0) is 24.3 Å². The molecule has 2 atom stereocenters. The minimum atomic E-state index is -0.690. The maximum Gasteiger partial charge on any atom is 0.242 e. The van der Waals surface area contributed by atoms with E-state index in [0.29, 0.717) is 13.0 Å². The van der Waals surface area contributed by atoms with Crippen molar-refractivity contribution in [1.82, 2.24) is 10.6 Å². The maximum absolute atomic E-state index is 11.8. The third-order valence-electron chi connectivity index (χ3n) is 2.73. The predicted octanol–water partition coefficient (Wildman–Crippen LogP) is 0.143. The van der Waals surface area contributed by atoms with E-state index in [1.165, 1.54) is 11.3 Å². The Morgan fingerprint density at radius 3 is 3.12 bits per heavy atom. The molecule has 4 N–H and O–H groups in total. The van der Waals surface area contributed by atoms with Crippen LogP contribution in [0.2, 0.25) is 0 Å². The first kappa shape index (κ1) is 12.1. The maximum atomic E-state index is 11.8. The van der Waals surface area contributed by atoms with Crippen molar-refractivity contribution < 1.29 is 9.59 Å². The van der Waals surface area contributed by atoms with Crippen molar-refractivity contribution in [2.45, 2.75) is 24.9 Å². The number of hydrogen-bond donors (Lipinski definition) is 3. The van der Waals surface area contributed by atoms with E-state index >= 15 is 0 Å². The average Bonchev–Trinajstić information content (AvgIpc) is 2.84. The molecular formula is C11H15N3O2S. The Hall–Kier alpha value is -1.40. The lowest BCUT2D eigenvalue weighted by Gasteiger charge is -2.23. The normalized spacial score (nSPS) is 21.7. The third kappa shape index (κ3) is 2.83. The van der Waals surface area contributed by atoms with E-state index in [-0.39, 0.29) is 11.8 Å². The number of amides is 2. The average molecular weight is 253 g/mol. The van der Waals surface area contributed by atoms with E-state index in [0.717, 1.165) is 11.3 Å². The molecule has 0 aromatic carbocycles. The van der Waals surface area contributed by atoms with Gasteiger partial charge in [0.2, 0.25) is 11.8 Å². The van der Waals surface area contributed by atoms with Gasteiger partial charge in [-0.3, -0.25) is 9.59 Å². The lowest BCUT2D eigenvalue weighted by molar-refractivity contribution is -0.130. The summed E-state index contributed by atoms with van der Waals surface area (Å²) in [5, 5.41) is 7.28. The van der Waals surface area contributed by atoms with Gasteiger partial charge < -0.3 is 16.4 Å². The second-order valence-electron chi connectivity index (χ2n) is 3.99. The summed E-state index contributed by atoms with van der Waals surface area (Å²) in [4.78, 5) is 24.1.